The molecule has 0 aliphatic carbocycles. The average Bonchev–Trinajstić information content (AvgIpc) is 2.99. The second kappa shape index (κ2) is 9.40. The Morgan fingerprint density at radius 1 is 1.03 bits per heavy atom. The van der Waals surface area contributed by atoms with Crippen LogP contribution in [-0.4, -0.2) is 61.3 Å². The number of nitrogens with zero attached hydrogens (tertiary/aromatic N) is 3. The first kappa shape index (κ1) is 23.5. The molecular formula is C26H33FN4O2S. The number of sulfone groups is 1. The minimum absolute atomic E-state index is 0.259. The lowest BCUT2D eigenvalue weighted by molar-refractivity contribution is 0.141. The molecule has 0 radical (unpaired) electrons. The van der Waals surface area contributed by atoms with E-state index in [1.54, 1.807) is 30.3 Å². The molecule has 1 aromatic heterocycles. The first-order valence-electron chi connectivity index (χ1n) is 12.2. The van der Waals surface area contributed by atoms with E-state index in [0.717, 1.165) is 55.7 Å². The Hall–Kier alpha value is -2.29. The van der Waals surface area contributed by atoms with Crippen LogP contribution >= 0.6 is 0 Å². The van der Waals surface area contributed by atoms with Crippen molar-refractivity contribution in [3.05, 3.63) is 47.8 Å². The normalized spacial score (nSPS) is 21.1. The fourth-order valence-corrected chi connectivity index (χ4v) is 6.21. The maximum absolute atomic E-state index is 15.2. The van der Waals surface area contributed by atoms with Crippen LogP contribution in [-0.2, 0) is 16.9 Å². The van der Waals surface area contributed by atoms with Gasteiger partial charge in [-0.1, -0.05) is 0 Å². The summed E-state index contributed by atoms with van der Waals surface area (Å²) in [5.74, 6) is 0.689. The van der Waals surface area contributed by atoms with Gasteiger partial charge in [0.1, 0.15) is 11.3 Å². The van der Waals surface area contributed by atoms with Crippen LogP contribution in [0.3, 0.4) is 0 Å². The summed E-state index contributed by atoms with van der Waals surface area (Å²) in [5, 5.41) is 3.50. The number of aromatic nitrogens is 2. The smallest absolute Gasteiger partial charge is 0.175 e. The second-order valence-electron chi connectivity index (χ2n) is 9.81. The van der Waals surface area contributed by atoms with Crippen molar-refractivity contribution in [1.29, 1.82) is 0 Å². The molecule has 6 nitrogen and oxygen atoms in total. The van der Waals surface area contributed by atoms with Gasteiger partial charge in [-0.25, -0.2) is 17.8 Å². The zero-order valence-electron chi connectivity index (χ0n) is 19.9. The monoisotopic (exact) mass is 484 g/mol. The van der Waals surface area contributed by atoms with Crippen LogP contribution in [0.15, 0.2) is 41.3 Å². The highest BCUT2D eigenvalue weighted by Gasteiger charge is 2.27. The van der Waals surface area contributed by atoms with Crippen LogP contribution in [0, 0.1) is 5.82 Å². The molecule has 34 heavy (non-hydrogen) atoms. The number of rotatable bonds is 4. The lowest BCUT2D eigenvalue weighted by Gasteiger charge is -2.37. The summed E-state index contributed by atoms with van der Waals surface area (Å²) in [6.07, 6.45) is 7.01. The van der Waals surface area contributed by atoms with E-state index in [-0.39, 0.29) is 10.7 Å². The Morgan fingerprint density at radius 3 is 2.47 bits per heavy atom. The summed E-state index contributed by atoms with van der Waals surface area (Å²) >= 11 is 0. The van der Waals surface area contributed by atoms with Crippen molar-refractivity contribution < 1.29 is 12.8 Å². The van der Waals surface area contributed by atoms with Crippen molar-refractivity contribution in [3.8, 4) is 11.4 Å². The van der Waals surface area contributed by atoms with Gasteiger partial charge < -0.3 is 14.8 Å². The highest BCUT2D eigenvalue weighted by atomic mass is 32.2. The molecule has 2 saturated heterocycles. The van der Waals surface area contributed by atoms with Crippen LogP contribution in [0.4, 0.5) is 4.39 Å². The topological polar surface area (TPSA) is 67.2 Å². The highest BCUT2D eigenvalue weighted by molar-refractivity contribution is 7.90. The van der Waals surface area contributed by atoms with Crippen molar-refractivity contribution in [2.75, 3.05) is 32.4 Å². The van der Waals surface area contributed by atoms with Crippen LogP contribution in [0.1, 0.15) is 43.6 Å². The minimum atomic E-state index is -3.27. The zero-order chi connectivity index (χ0) is 23.9. The number of fused-ring (bicyclic) bond motifs is 1. The summed E-state index contributed by atoms with van der Waals surface area (Å²) in [6.45, 7) is 4.36. The standard InChI is InChI=1S/C26H33FN4O2S/c1-30-24-17-20(18-10-14-31(15-11-18)21-4-3-12-28-13-9-21)16-23(27)25(24)29-26(30)19-5-7-22(8-6-19)34(2,32)33/h5-8,16-18,21,28H,3-4,9-15H2,1-2H3. The molecule has 2 fully saturated rings. The van der Waals surface area contributed by atoms with E-state index in [0.29, 0.717) is 23.3 Å². The van der Waals surface area contributed by atoms with Crippen LogP contribution in [0.2, 0.25) is 0 Å². The number of imidazole rings is 1. The zero-order valence-corrected chi connectivity index (χ0v) is 20.7. The molecule has 8 heteroatoms. The molecule has 3 heterocycles. The summed E-state index contributed by atoms with van der Waals surface area (Å²) in [6, 6.07) is 11.0. The molecule has 1 N–H and O–H groups in total. The molecule has 5 rings (SSSR count). The number of hydrogen-bond donors (Lipinski definition) is 1. The first-order chi connectivity index (χ1) is 16.3. The molecule has 2 aromatic carbocycles. The molecule has 0 spiro atoms. The Labute approximate surface area is 201 Å². The predicted molar refractivity (Wildman–Crippen MR) is 133 cm³/mol. The molecule has 3 aromatic rings. The van der Waals surface area contributed by atoms with Gasteiger partial charge in [0.15, 0.2) is 15.7 Å². The quantitative estimate of drug-likeness (QED) is 0.604. The largest absolute Gasteiger partial charge is 0.327 e. The lowest BCUT2D eigenvalue weighted by atomic mass is 9.88. The van der Waals surface area contributed by atoms with Gasteiger partial charge in [0.05, 0.1) is 10.4 Å². The van der Waals surface area contributed by atoms with Crippen molar-refractivity contribution in [2.45, 2.75) is 49.0 Å². The molecule has 0 bridgehead atoms. The van der Waals surface area contributed by atoms with E-state index in [2.05, 4.69) is 21.3 Å². The maximum Gasteiger partial charge on any atom is 0.175 e. The molecule has 2 aliphatic heterocycles. The van der Waals surface area contributed by atoms with Crippen molar-refractivity contribution in [2.24, 2.45) is 7.05 Å². The SMILES string of the molecule is Cn1c(-c2ccc(S(C)(=O)=O)cc2)nc2c(F)cc(C3CCN(C4CCCNCC4)CC3)cc21. The number of nitrogens with one attached hydrogen (secondary N) is 1. The summed E-state index contributed by atoms with van der Waals surface area (Å²) in [7, 11) is -1.38. The fraction of sp³-hybridized carbons (Fsp3) is 0.500. The van der Waals surface area contributed by atoms with Gasteiger partial charge in [-0.3, -0.25) is 0 Å². The Morgan fingerprint density at radius 2 is 1.76 bits per heavy atom. The first-order valence-corrected chi connectivity index (χ1v) is 14.1. The van der Waals surface area contributed by atoms with Gasteiger partial charge in [0.25, 0.3) is 0 Å². The summed E-state index contributed by atoms with van der Waals surface area (Å²) in [4.78, 5) is 7.47. The molecule has 1 atom stereocenters. The molecule has 0 amide bonds. The van der Waals surface area contributed by atoms with Gasteiger partial charge >= 0.3 is 0 Å². The van der Waals surface area contributed by atoms with E-state index < -0.39 is 9.84 Å². The summed E-state index contributed by atoms with van der Waals surface area (Å²) < 4.78 is 40.6. The molecular weight excluding hydrogens is 451 g/mol. The Kier molecular flexibility index (Phi) is 6.48. The third-order valence-corrected chi connectivity index (χ3v) is 8.69. The highest BCUT2D eigenvalue weighted by Crippen LogP contribution is 2.34. The van der Waals surface area contributed by atoms with E-state index in [1.165, 1.54) is 25.5 Å². The number of hydrogen-bond acceptors (Lipinski definition) is 5. The van der Waals surface area contributed by atoms with Crippen LogP contribution in [0.5, 0.6) is 0 Å². The van der Waals surface area contributed by atoms with Gasteiger partial charge in [0.2, 0.25) is 0 Å². The number of aryl methyl sites for hydroxylation is 1. The molecule has 2 aliphatic rings. The average molecular weight is 485 g/mol. The number of benzene rings is 2. The molecule has 0 saturated carbocycles. The fourth-order valence-electron chi connectivity index (χ4n) is 5.58. The predicted octanol–water partition coefficient (Wildman–Crippen LogP) is 4.10. The van der Waals surface area contributed by atoms with E-state index in [4.69, 9.17) is 0 Å². The van der Waals surface area contributed by atoms with Crippen LogP contribution in [0.25, 0.3) is 22.4 Å². The maximum atomic E-state index is 15.2. The van der Waals surface area contributed by atoms with E-state index >= 15 is 4.39 Å². The molecule has 182 valence electrons. The summed E-state index contributed by atoms with van der Waals surface area (Å²) in [5.41, 5.74) is 2.94. The number of halogens is 1. The van der Waals surface area contributed by atoms with E-state index in [1.807, 2.05) is 11.6 Å². The van der Waals surface area contributed by atoms with Gasteiger partial charge in [-0.15, -0.1) is 0 Å². The second-order valence-corrected chi connectivity index (χ2v) is 11.8. The van der Waals surface area contributed by atoms with Crippen molar-refractivity contribution in [1.82, 2.24) is 19.8 Å². The number of likely N-dealkylation sites (tertiary alicyclic amines) is 1. The van der Waals surface area contributed by atoms with Crippen molar-refractivity contribution >= 4 is 20.9 Å². The van der Waals surface area contributed by atoms with Crippen molar-refractivity contribution in [3.63, 3.8) is 0 Å². The van der Waals surface area contributed by atoms with Gasteiger partial charge in [-0.05, 0) is 106 Å². The Balaban J connectivity index is 1.38. The van der Waals surface area contributed by atoms with Gasteiger partial charge in [0, 0.05) is 24.9 Å². The van der Waals surface area contributed by atoms with E-state index in [9.17, 15) is 8.42 Å². The Bertz CT molecular complexity index is 1270. The number of piperidine rings is 1. The minimum Gasteiger partial charge on any atom is -0.327 e. The third kappa shape index (κ3) is 4.63. The van der Waals surface area contributed by atoms with Gasteiger partial charge in [-0.2, -0.15) is 0 Å². The third-order valence-electron chi connectivity index (χ3n) is 7.57. The lowest BCUT2D eigenvalue weighted by Crippen LogP contribution is -2.41. The molecule has 1 unspecified atom stereocenters. The van der Waals surface area contributed by atoms with Crippen LogP contribution < -0.4 is 5.32 Å².